The predicted octanol–water partition coefficient (Wildman–Crippen LogP) is 6.11. The first kappa shape index (κ1) is 30.6. The summed E-state index contributed by atoms with van der Waals surface area (Å²) in [6.45, 7) is 2.40. The van der Waals surface area contributed by atoms with Crippen LogP contribution in [0.2, 0.25) is 0 Å². The van der Waals surface area contributed by atoms with Crippen LogP contribution >= 0.6 is 36.0 Å². The number of carbonyl (C=O) groups is 2. The molecule has 0 saturated carbocycles. The van der Waals surface area contributed by atoms with Crippen LogP contribution in [0, 0.1) is 17.1 Å². The van der Waals surface area contributed by atoms with Crippen molar-refractivity contribution in [1.29, 1.82) is 5.41 Å². The summed E-state index contributed by atoms with van der Waals surface area (Å²) in [5, 5.41) is 15.5. The molecule has 4 rings (SSSR count). The third-order valence-electron chi connectivity index (χ3n) is 5.60. The average Bonchev–Trinajstić information content (AvgIpc) is 3.35. The number of thiocarbonyl (C=S) groups is 1. The van der Waals surface area contributed by atoms with E-state index < -0.39 is 5.82 Å². The summed E-state index contributed by atoms with van der Waals surface area (Å²) in [4.78, 5) is 29.6. The number of hydrogen-bond donors (Lipinski definition) is 4. The standard InChI is InChI=1S/C28H26FN5O3S2.ClH/c1-17(9-11-30)16-32-27(36)24-15-21-26(39-24)23(10-12-31-21)37-22-8-7-19(14-20(22)29)33-28(38)34-25(35)13-18-5-3-2-4-6-18;/h2-8,10-12,14-15,17,30H,9,13,16H2,1H3,(H,32,36)(H2,33,34,35,38);1H/t17-;/m0./s1. The van der Waals surface area contributed by atoms with Crippen LogP contribution in [0.15, 0.2) is 66.9 Å². The number of nitrogens with zero attached hydrogens (tertiary/aromatic N) is 1. The molecule has 2 aromatic carbocycles. The van der Waals surface area contributed by atoms with Crippen LogP contribution in [-0.4, -0.2) is 34.7 Å². The molecule has 0 spiro atoms. The third-order valence-corrected chi connectivity index (χ3v) is 6.94. The number of pyridine rings is 1. The van der Waals surface area contributed by atoms with Crippen LogP contribution in [0.3, 0.4) is 0 Å². The number of halogens is 2. The fourth-order valence-corrected chi connectivity index (χ4v) is 4.85. The van der Waals surface area contributed by atoms with E-state index in [-0.39, 0.29) is 47.4 Å². The highest BCUT2D eigenvalue weighted by Crippen LogP contribution is 2.36. The Morgan fingerprint density at radius 1 is 1.15 bits per heavy atom. The molecule has 2 heterocycles. The summed E-state index contributed by atoms with van der Waals surface area (Å²) in [6.07, 6.45) is 3.61. The van der Waals surface area contributed by atoms with Crippen molar-refractivity contribution in [3.05, 3.63) is 83.1 Å². The summed E-state index contributed by atoms with van der Waals surface area (Å²) < 4.78 is 21.4. The lowest BCUT2D eigenvalue weighted by Crippen LogP contribution is -2.35. The number of fused-ring (bicyclic) bond motifs is 1. The smallest absolute Gasteiger partial charge is 0.261 e. The lowest BCUT2D eigenvalue weighted by atomic mass is 10.1. The number of thiophene rings is 1. The highest BCUT2D eigenvalue weighted by molar-refractivity contribution is 7.80. The van der Waals surface area contributed by atoms with E-state index in [0.717, 1.165) is 5.56 Å². The van der Waals surface area contributed by atoms with E-state index in [1.807, 2.05) is 37.3 Å². The van der Waals surface area contributed by atoms with Gasteiger partial charge in [0, 0.05) is 30.6 Å². The van der Waals surface area contributed by atoms with E-state index in [4.69, 9.17) is 22.4 Å². The van der Waals surface area contributed by atoms with Crippen molar-refractivity contribution in [1.82, 2.24) is 15.6 Å². The molecule has 2 amide bonds. The molecule has 208 valence electrons. The second kappa shape index (κ2) is 14.5. The van der Waals surface area contributed by atoms with E-state index >= 15 is 0 Å². The van der Waals surface area contributed by atoms with Crippen molar-refractivity contribution in [2.45, 2.75) is 19.8 Å². The molecule has 0 aliphatic rings. The van der Waals surface area contributed by atoms with Crippen LogP contribution in [0.4, 0.5) is 10.1 Å². The van der Waals surface area contributed by atoms with Crippen molar-refractivity contribution in [2.75, 3.05) is 11.9 Å². The SMILES string of the molecule is C[C@@H](CC=N)CNC(=O)c1cc2nccc(Oc3ccc(NC(=S)NC(=O)Cc4ccccc4)cc3F)c2s1.Cl. The van der Waals surface area contributed by atoms with Crippen LogP contribution < -0.4 is 20.7 Å². The molecule has 8 nitrogen and oxygen atoms in total. The highest BCUT2D eigenvalue weighted by atomic mass is 35.5. The van der Waals surface area contributed by atoms with E-state index in [2.05, 4.69) is 20.9 Å². The molecule has 0 radical (unpaired) electrons. The van der Waals surface area contributed by atoms with Crippen LogP contribution in [-0.2, 0) is 11.2 Å². The molecule has 1 atom stereocenters. The minimum Gasteiger partial charge on any atom is -0.453 e. The molecule has 0 saturated heterocycles. The fourth-order valence-electron chi connectivity index (χ4n) is 3.64. The maximum absolute atomic E-state index is 14.9. The summed E-state index contributed by atoms with van der Waals surface area (Å²) >= 11 is 6.39. The van der Waals surface area contributed by atoms with Crippen molar-refractivity contribution >= 4 is 75.0 Å². The van der Waals surface area contributed by atoms with E-state index in [9.17, 15) is 14.0 Å². The third kappa shape index (κ3) is 8.28. The Labute approximate surface area is 246 Å². The van der Waals surface area contributed by atoms with E-state index in [0.29, 0.717) is 39.5 Å². The molecule has 0 fully saturated rings. The minimum absolute atomic E-state index is 0. The number of aromatic nitrogens is 1. The maximum Gasteiger partial charge on any atom is 0.261 e. The van der Waals surface area contributed by atoms with Gasteiger partial charge in [-0.25, -0.2) is 4.39 Å². The molecule has 0 unspecified atom stereocenters. The Bertz CT molecular complexity index is 1520. The number of rotatable bonds is 10. The van der Waals surface area contributed by atoms with Gasteiger partial charge in [0.1, 0.15) is 5.75 Å². The number of ether oxygens (including phenoxy) is 1. The Kier molecular flexibility index (Phi) is 11.1. The molecular formula is C28H27ClFN5O3S2. The zero-order valence-electron chi connectivity index (χ0n) is 21.4. The first-order valence-corrected chi connectivity index (χ1v) is 13.3. The van der Waals surface area contributed by atoms with Crippen LogP contribution in [0.5, 0.6) is 11.5 Å². The molecule has 4 N–H and O–H groups in total. The normalized spacial score (nSPS) is 11.2. The monoisotopic (exact) mass is 599 g/mol. The molecule has 40 heavy (non-hydrogen) atoms. The van der Waals surface area contributed by atoms with Gasteiger partial charge in [-0.15, -0.1) is 23.7 Å². The molecule has 12 heteroatoms. The quantitative estimate of drug-likeness (QED) is 0.129. The van der Waals surface area contributed by atoms with Crippen molar-refractivity contribution in [3.63, 3.8) is 0 Å². The summed E-state index contributed by atoms with van der Waals surface area (Å²) in [6, 6.07) is 16.8. The molecular weight excluding hydrogens is 573 g/mol. The Morgan fingerprint density at radius 2 is 1.93 bits per heavy atom. The van der Waals surface area contributed by atoms with Gasteiger partial charge in [0.15, 0.2) is 16.7 Å². The van der Waals surface area contributed by atoms with Crippen LogP contribution in [0.1, 0.15) is 28.6 Å². The van der Waals surface area contributed by atoms with Crippen molar-refractivity contribution in [2.24, 2.45) is 5.92 Å². The summed E-state index contributed by atoms with van der Waals surface area (Å²) in [5.41, 5.74) is 1.75. The number of hydrogen-bond acceptors (Lipinski definition) is 7. The Balaban J connectivity index is 0.00000441. The minimum atomic E-state index is -0.641. The van der Waals surface area contributed by atoms with Crippen molar-refractivity contribution in [3.8, 4) is 11.5 Å². The highest BCUT2D eigenvalue weighted by Gasteiger charge is 2.16. The summed E-state index contributed by atoms with van der Waals surface area (Å²) in [7, 11) is 0. The Morgan fingerprint density at radius 3 is 2.65 bits per heavy atom. The van der Waals surface area contributed by atoms with Crippen molar-refractivity contribution < 1.29 is 18.7 Å². The van der Waals surface area contributed by atoms with Gasteiger partial charge in [-0.05, 0) is 54.5 Å². The number of nitrogens with one attached hydrogen (secondary N) is 4. The fraction of sp³-hybridized carbons (Fsp3) is 0.179. The molecule has 0 aliphatic carbocycles. The van der Waals surface area contributed by atoms with E-state index in [1.165, 1.54) is 35.9 Å². The summed E-state index contributed by atoms with van der Waals surface area (Å²) in [5.74, 6) is -0.673. The second-order valence-electron chi connectivity index (χ2n) is 8.80. The zero-order chi connectivity index (χ0) is 27.8. The second-order valence-corrected chi connectivity index (χ2v) is 10.3. The molecule has 2 aromatic heterocycles. The largest absolute Gasteiger partial charge is 0.453 e. The first-order chi connectivity index (χ1) is 18.8. The number of benzene rings is 2. The van der Waals surface area contributed by atoms with E-state index in [1.54, 1.807) is 18.2 Å². The van der Waals surface area contributed by atoms with Gasteiger partial charge in [0.2, 0.25) is 5.91 Å². The maximum atomic E-state index is 14.9. The topological polar surface area (TPSA) is 116 Å². The predicted molar refractivity (Wildman–Crippen MR) is 163 cm³/mol. The lowest BCUT2D eigenvalue weighted by Gasteiger charge is -2.12. The number of carbonyl (C=O) groups excluding carboxylic acids is 2. The van der Waals surface area contributed by atoms with Gasteiger partial charge in [-0.3, -0.25) is 14.6 Å². The number of amides is 2. The lowest BCUT2D eigenvalue weighted by molar-refractivity contribution is -0.119. The van der Waals surface area contributed by atoms with Gasteiger partial charge in [-0.1, -0.05) is 37.3 Å². The molecule has 0 bridgehead atoms. The zero-order valence-corrected chi connectivity index (χ0v) is 23.9. The molecule has 4 aromatic rings. The Hall–Kier alpha value is -3.93. The van der Waals surface area contributed by atoms with Gasteiger partial charge >= 0.3 is 0 Å². The van der Waals surface area contributed by atoms with Gasteiger partial charge in [-0.2, -0.15) is 0 Å². The average molecular weight is 600 g/mol. The van der Waals surface area contributed by atoms with Crippen LogP contribution in [0.25, 0.3) is 10.2 Å². The van der Waals surface area contributed by atoms with Gasteiger partial charge < -0.3 is 26.1 Å². The first-order valence-electron chi connectivity index (χ1n) is 12.1. The van der Waals surface area contributed by atoms with Gasteiger partial charge in [0.05, 0.1) is 21.5 Å². The van der Waals surface area contributed by atoms with Gasteiger partial charge in [0.25, 0.3) is 5.91 Å². The molecule has 0 aliphatic heterocycles. The number of anilines is 1.